The largest absolute Gasteiger partial charge is 0.345 e. The van der Waals surface area contributed by atoms with Crippen LogP contribution in [0.5, 0.6) is 0 Å². The van der Waals surface area contributed by atoms with E-state index in [-0.39, 0.29) is 22.8 Å². The zero-order valence-corrected chi connectivity index (χ0v) is 13.8. The Bertz CT molecular complexity index is 396. The number of amides is 2. The summed E-state index contributed by atoms with van der Waals surface area (Å²) < 4.78 is 0. The summed E-state index contributed by atoms with van der Waals surface area (Å²) in [5.41, 5.74) is 0.412. The smallest absolute Gasteiger partial charge is 0.311 e. The molecule has 2 fully saturated rings. The zero-order valence-electron chi connectivity index (χ0n) is 13.8. The van der Waals surface area contributed by atoms with Gasteiger partial charge in [0.1, 0.15) is 0 Å². The highest BCUT2D eigenvalue weighted by atomic mass is 16.2. The van der Waals surface area contributed by atoms with Crippen LogP contribution in [0.25, 0.3) is 0 Å². The Hall–Kier alpha value is -1.10. The minimum absolute atomic E-state index is 0.100. The first-order valence-electron chi connectivity index (χ1n) is 7.99. The summed E-state index contributed by atoms with van der Waals surface area (Å²) >= 11 is 0. The molecule has 0 spiro atoms. The van der Waals surface area contributed by atoms with E-state index >= 15 is 0 Å². The highest BCUT2D eigenvalue weighted by Crippen LogP contribution is 2.45. The fourth-order valence-electron chi connectivity index (χ4n) is 4.21. The van der Waals surface area contributed by atoms with Crippen molar-refractivity contribution in [2.24, 2.45) is 10.8 Å². The second-order valence-corrected chi connectivity index (χ2v) is 8.13. The van der Waals surface area contributed by atoms with Crippen LogP contribution < -0.4 is 10.6 Å². The number of carbonyl (C=O) groups is 2. The minimum Gasteiger partial charge on any atom is -0.345 e. The predicted octanol–water partition coefficient (Wildman–Crippen LogP) is 1.14. The second-order valence-electron chi connectivity index (χ2n) is 8.13. The molecular weight excluding hydrogens is 266 g/mol. The molecule has 2 aliphatic rings. The summed E-state index contributed by atoms with van der Waals surface area (Å²) in [6.45, 7) is 11.7. The Labute approximate surface area is 127 Å². The van der Waals surface area contributed by atoms with Crippen molar-refractivity contribution in [2.75, 3.05) is 26.2 Å². The van der Waals surface area contributed by atoms with Gasteiger partial charge >= 0.3 is 11.8 Å². The van der Waals surface area contributed by atoms with Gasteiger partial charge in [-0.1, -0.05) is 27.7 Å². The lowest BCUT2D eigenvalue weighted by atomic mass is 9.63. The quantitative estimate of drug-likeness (QED) is 0.713. The summed E-state index contributed by atoms with van der Waals surface area (Å²) in [4.78, 5) is 26.0. The van der Waals surface area contributed by atoms with Gasteiger partial charge in [-0.3, -0.25) is 9.59 Å². The topological polar surface area (TPSA) is 61.4 Å². The Kier molecular flexibility index (Phi) is 4.61. The fraction of sp³-hybridized carbons (Fsp3) is 0.875. The first kappa shape index (κ1) is 16.3. The lowest BCUT2D eigenvalue weighted by Gasteiger charge is -2.45. The molecule has 0 unspecified atom stereocenters. The summed E-state index contributed by atoms with van der Waals surface area (Å²) in [6, 6.07) is 0.100. The molecule has 0 radical (unpaired) electrons. The molecule has 1 aliphatic heterocycles. The van der Waals surface area contributed by atoms with Crippen LogP contribution in [-0.4, -0.2) is 48.9 Å². The van der Waals surface area contributed by atoms with Crippen LogP contribution in [0.15, 0.2) is 0 Å². The molecule has 0 aromatic rings. The molecule has 0 atom stereocenters. The van der Waals surface area contributed by atoms with Crippen molar-refractivity contribution >= 4 is 11.8 Å². The summed E-state index contributed by atoms with van der Waals surface area (Å²) in [5.74, 6) is -0.812. The number of hydrogen-bond acceptors (Lipinski definition) is 3. The van der Waals surface area contributed by atoms with Crippen molar-refractivity contribution in [3.63, 3.8) is 0 Å². The van der Waals surface area contributed by atoms with Crippen LogP contribution in [0.3, 0.4) is 0 Å². The van der Waals surface area contributed by atoms with E-state index in [0.717, 1.165) is 32.4 Å². The van der Waals surface area contributed by atoms with Gasteiger partial charge in [0.05, 0.1) is 0 Å². The van der Waals surface area contributed by atoms with E-state index in [9.17, 15) is 9.59 Å². The van der Waals surface area contributed by atoms with Crippen LogP contribution in [0.4, 0.5) is 0 Å². The molecule has 2 amide bonds. The molecular formula is C16H29N3O2. The van der Waals surface area contributed by atoms with E-state index in [4.69, 9.17) is 0 Å². The monoisotopic (exact) mass is 295 g/mol. The van der Waals surface area contributed by atoms with E-state index < -0.39 is 5.91 Å². The molecule has 1 heterocycles. The molecule has 2 N–H and O–H groups in total. The third-order valence-electron chi connectivity index (χ3n) is 4.49. The van der Waals surface area contributed by atoms with Gasteiger partial charge in [-0.2, -0.15) is 0 Å². The molecule has 21 heavy (non-hydrogen) atoms. The summed E-state index contributed by atoms with van der Waals surface area (Å²) in [5, 5.41) is 6.16. The van der Waals surface area contributed by atoms with Gasteiger partial charge in [0.25, 0.3) is 0 Å². The Morgan fingerprint density at radius 1 is 1.05 bits per heavy atom. The Balaban J connectivity index is 1.93. The van der Waals surface area contributed by atoms with Crippen molar-refractivity contribution in [1.82, 2.24) is 15.5 Å². The maximum atomic E-state index is 12.2. The van der Waals surface area contributed by atoms with Crippen LogP contribution in [-0.2, 0) is 9.59 Å². The van der Waals surface area contributed by atoms with Crippen LogP contribution in [0.2, 0.25) is 0 Å². The Morgan fingerprint density at radius 2 is 1.57 bits per heavy atom. The van der Waals surface area contributed by atoms with Gasteiger partial charge in [-0.25, -0.2) is 0 Å². The molecule has 1 saturated heterocycles. The highest BCUT2D eigenvalue weighted by Gasteiger charge is 2.39. The molecule has 0 bridgehead atoms. The van der Waals surface area contributed by atoms with Crippen molar-refractivity contribution in [3.8, 4) is 0 Å². The minimum atomic E-state index is -0.435. The number of nitrogens with zero attached hydrogens (tertiary/aromatic N) is 1. The lowest BCUT2D eigenvalue weighted by Crippen LogP contribution is -2.54. The van der Waals surface area contributed by atoms with Gasteiger partial charge in [0, 0.05) is 32.2 Å². The molecule has 2 rings (SSSR count). The number of nitrogens with one attached hydrogen (secondary N) is 2. The molecule has 5 heteroatoms. The SMILES string of the molecule is CC1(C)CC(NC(=O)C(=O)N2CCNCC2)CC(C)(C)C1. The van der Waals surface area contributed by atoms with Gasteiger partial charge in [0.2, 0.25) is 0 Å². The summed E-state index contributed by atoms with van der Waals surface area (Å²) in [6.07, 6.45) is 3.03. The normalized spacial score (nSPS) is 25.4. The molecule has 1 aliphatic carbocycles. The van der Waals surface area contributed by atoms with Gasteiger partial charge < -0.3 is 15.5 Å². The fourth-order valence-corrected chi connectivity index (χ4v) is 4.21. The van der Waals surface area contributed by atoms with Gasteiger partial charge in [0.15, 0.2) is 0 Å². The van der Waals surface area contributed by atoms with Crippen molar-refractivity contribution in [1.29, 1.82) is 0 Å². The third kappa shape index (κ3) is 4.43. The highest BCUT2D eigenvalue weighted by molar-refractivity contribution is 6.35. The number of rotatable bonds is 1. The van der Waals surface area contributed by atoms with Crippen LogP contribution in [0.1, 0.15) is 47.0 Å². The zero-order chi connectivity index (χ0) is 15.7. The van der Waals surface area contributed by atoms with Crippen molar-refractivity contribution in [3.05, 3.63) is 0 Å². The molecule has 5 nitrogen and oxygen atoms in total. The van der Waals surface area contributed by atoms with Crippen LogP contribution >= 0.6 is 0 Å². The van der Waals surface area contributed by atoms with Gasteiger partial charge in [-0.05, 0) is 30.1 Å². The molecule has 0 aromatic heterocycles. The van der Waals surface area contributed by atoms with E-state index in [1.807, 2.05) is 0 Å². The number of hydrogen-bond donors (Lipinski definition) is 2. The van der Waals surface area contributed by atoms with Gasteiger partial charge in [-0.15, -0.1) is 0 Å². The van der Waals surface area contributed by atoms with Crippen molar-refractivity contribution < 1.29 is 9.59 Å². The van der Waals surface area contributed by atoms with E-state index in [1.54, 1.807) is 4.90 Å². The lowest BCUT2D eigenvalue weighted by molar-refractivity contribution is -0.147. The summed E-state index contributed by atoms with van der Waals surface area (Å²) in [7, 11) is 0. The molecule has 0 aromatic carbocycles. The first-order chi connectivity index (χ1) is 9.69. The molecule has 120 valence electrons. The van der Waals surface area contributed by atoms with E-state index in [2.05, 4.69) is 38.3 Å². The average molecular weight is 295 g/mol. The predicted molar refractivity (Wildman–Crippen MR) is 82.8 cm³/mol. The van der Waals surface area contributed by atoms with E-state index in [1.165, 1.54) is 0 Å². The average Bonchev–Trinajstić information content (AvgIpc) is 2.35. The first-order valence-corrected chi connectivity index (χ1v) is 7.99. The third-order valence-corrected chi connectivity index (χ3v) is 4.49. The number of carbonyl (C=O) groups excluding carboxylic acids is 2. The molecule has 1 saturated carbocycles. The van der Waals surface area contributed by atoms with E-state index in [0.29, 0.717) is 13.1 Å². The standard InChI is InChI=1S/C16H29N3O2/c1-15(2)9-12(10-16(3,4)11-15)18-13(20)14(21)19-7-5-17-6-8-19/h12,17H,5-11H2,1-4H3,(H,18,20). The maximum absolute atomic E-state index is 12.2. The Morgan fingerprint density at radius 3 is 2.10 bits per heavy atom. The maximum Gasteiger partial charge on any atom is 0.311 e. The van der Waals surface area contributed by atoms with Crippen LogP contribution in [0, 0.1) is 10.8 Å². The number of piperazine rings is 1. The second kappa shape index (κ2) is 5.95. The van der Waals surface area contributed by atoms with Crippen molar-refractivity contribution in [2.45, 2.75) is 53.0 Å².